The fourth-order valence-corrected chi connectivity index (χ4v) is 2.37. The maximum absolute atomic E-state index is 12.8. The predicted molar refractivity (Wildman–Crippen MR) is 107 cm³/mol. The highest BCUT2D eigenvalue weighted by Crippen LogP contribution is 2.23. The number of amides is 1. The van der Waals surface area contributed by atoms with Crippen molar-refractivity contribution in [1.29, 1.82) is 0 Å². The Labute approximate surface area is 157 Å². The van der Waals surface area contributed by atoms with Crippen LogP contribution in [0.2, 0.25) is 0 Å². The van der Waals surface area contributed by atoms with E-state index in [0.717, 1.165) is 17.8 Å². The Bertz CT molecular complexity index is 706. The van der Waals surface area contributed by atoms with E-state index in [1.165, 1.54) is 0 Å². The summed E-state index contributed by atoms with van der Waals surface area (Å²) in [7, 11) is 0. The third-order valence-corrected chi connectivity index (χ3v) is 3.59. The van der Waals surface area contributed by atoms with Gasteiger partial charge in [0, 0.05) is 18.3 Å². The van der Waals surface area contributed by atoms with E-state index in [1.54, 1.807) is 4.90 Å². The van der Waals surface area contributed by atoms with E-state index in [2.05, 4.69) is 25.2 Å². The second kappa shape index (κ2) is 8.75. The first-order valence-electron chi connectivity index (χ1n) is 9.04. The molecule has 0 unspecified atom stereocenters. The van der Waals surface area contributed by atoms with Crippen LogP contribution >= 0.6 is 0 Å². The maximum Gasteiger partial charge on any atom is 0.415 e. The maximum atomic E-state index is 12.8. The molecule has 0 fully saturated rings. The zero-order chi connectivity index (χ0) is 19.2. The molecule has 0 aliphatic rings. The van der Waals surface area contributed by atoms with Gasteiger partial charge in [0.15, 0.2) is 0 Å². The Morgan fingerprint density at radius 1 is 1.19 bits per heavy atom. The molecule has 0 aromatic heterocycles. The van der Waals surface area contributed by atoms with E-state index in [-0.39, 0.29) is 6.09 Å². The van der Waals surface area contributed by atoms with Gasteiger partial charge in [0.05, 0.1) is 12.2 Å². The standard InChI is InChI=1S/C22H29N2O2/c1-17(2)15-23-19-12-9-13-20(14-19)24(21(25)26-22(3,4)5)16-18-10-7-6-8-11-18/h6-12,14,17,23H,15-16H2,1-5H3. The van der Waals surface area contributed by atoms with Gasteiger partial charge in [-0.05, 0) is 44.4 Å². The van der Waals surface area contributed by atoms with Gasteiger partial charge in [0.25, 0.3) is 0 Å². The molecule has 0 heterocycles. The summed E-state index contributed by atoms with van der Waals surface area (Å²) in [5, 5.41) is 3.39. The van der Waals surface area contributed by atoms with Gasteiger partial charge in [-0.1, -0.05) is 50.2 Å². The molecule has 2 aromatic rings. The second-order valence-corrected chi connectivity index (χ2v) is 7.79. The molecule has 0 bridgehead atoms. The molecule has 0 spiro atoms. The fraction of sp³-hybridized carbons (Fsp3) is 0.409. The average molecular weight is 353 g/mol. The van der Waals surface area contributed by atoms with Crippen LogP contribution in [-0.2, 0) is 11.3 Å². The average Bonchev–Trinajstić information content (AvgIpc) is 2.57. The Hall–Kier alpha value is -2.49. The van der Waals surface area contributed by atoms with E-state index < -0.39 is 5.60 Å². The van der Waals surface area contributed by atoms with Gasteiger partial charge in [-0.15, -0.1) is 0 Å². The normalized spacial score (nSPS) is 11.3. The highest BCUT2D eigenvalue weighted by atomic mass is 16.6. The quantitative estimate of drug-likeness (QED) is 0.746. The lowest BCUT2D eigenvalue weighted by Crippen LogP contribution is -2.36. The summed E-state index contributed by atoms with van der Waals surface area (Å²) in [5.74, 6) is 0.536. The Kier molecular flexibility index (Phi) is 6.67. The highest BCUT2D eigenvalue weighted by molar-refractivity contribution is 5.88. The molecule has 139 valence electrons. The summed E-state index contributed by atoms with van der Waals surface area (Å²) in [6, 6.07) is 18.8. The minimum absolute atomic E-state index is 0.376. The molecular formula is C22H29N2O2. The zero-order valence-electron chi connectivity index (χ0n) is 16.4. The minimum atomic E-state index is -0.556. The predicted octanol–water partition coefficient (Wildman–Crippen LogP) is 5.50. The van der Waals surface area contributed by atoms with Crippen LogP contribution in [0.3, 0.4) is 0 Å². The molecule has 2 rings (SSSR count). The van der Waals surface area contributed by atoms with Crippen LogP contribution in [0.25, 0.3) is 0 Å². The lowest BCUT2D eigenvalue weighted by molar-refractivity contribution is 0.0577. The molecular weight excluding hydrogens is 324 g/mol. The molecule has 1 amide bonds. The van der Waals surface area contributed by atoms with Gasteiger partial charge in [0.2, 0.25) is 0 Å². The Morgan fingerprint density at radius 3 is 2.50 bits per heavy atom. The van der Waals surface area contributed by atoms with Crippen LogP contribution < -0.4 is 10.2 Å². The Morgan fingerprint density at radius 2 is 1.88 bits per heavy atom. The summed E-state index contributed by atoms with van der Waals surface area (Å²) in [4.78, 5) is 14.4. The number of nitrogens with zero attached hydrogens (tertiary/aromatic N) is 1. The van der Waals surface area contributed by atoms with Crippen LogP contribution in [0.4, 0.5) is 16.2 Å². The summed E-state index contributed by atoms with van der Waals surface area (Å²) in [6.07, 6.45) is -0.376. The van der Waals surface area contributed by atoms with E-state index in [1.807, 2.05) is 69.3 Å². The number of carbonyl (C=O) groups is 1. The Balaban J connectivity index is 2.27. The summed E-state index contributed by atoms with van der Waals surface area (Å²) < 4.78 is 5.61. The SMILES string of the molecule is CC(C)CNc1cc[c]c(N(Cc2ccccc2)C(=O)OC(C)(C)C)c1. The van der Waals surface area contributed by atoms with Crippen LogP contribution in [0.1, 0.15) is 40.2 Å². The van der Waals surface area contributed by atoms with Gasteiger partial charge in [0.1, 0.15) is 5.60 Å². The van der Waals surface area contributed by atoms with Crippen LogP contribution in [0.5, 0.6) is 0 Å². The van der Waals surface area contributed by atoms with Crippen LogP contribution in [-0.4, -0.2) is 18.2 Å². The van der Waals surface area contributed by atoms with E-state index in [9.17, 15) is 4.79 Å². The lowest BCUT2D eigenvalue weighted by Gasteiger charge is -2.28. The van der Waals surface area contributed by atoms with Crippen molar-refractivity contribution in [3.8, 4) is 0 Å². The first-order valence-corrected chi connectivity index (χ1v) is 9.04. The molecule has 0 saturated carbocycles. The summed E-state index contributed by atoms with van der Waals surface area (Å²) in [6.45, 7) is 11.2. The number of benzene rings is 2. The van der Waals surface area contributed by atoms with E-state index in [0.29, 0.717) is 18.2 Å². The van der Waals surface area contributed by atoms with Crippen molar-refractivity contribution in [2.45, 2.75) is 46.8 Å². The smallest absolute Gasteiger partial charge is 0.415 e. The van der Waals surface area contributed by atoms with Crippen molar-refractivity contribution in [1.82, 2.24) is 0 Å². The molecule has 0 aliphatic carbocycles. The van der Waals surface area contributed by atoms with Gasteiger partial charge < -0.3 is 10.1 Å². The number of carbonyl (C=O) groups excluding carboxylic acids is 1. The fourth-order valence-electron chi connectivity index (χ4n) is 2.37. The molecule has 2 aromatic carbocycles. The minimum Gasteiger partial charge on any atom is -0.443 e. The van der Waals surface area contributed by atoms with Crippen molar-refractivity contribution in [3.63, 3.8) is 0 Å². The van der Waals surface area contributed by atoms with E-state index in [4.69, 9.17) is 4.74 Å². The molecule has 0 aliphatic heterocycles. The van der Waals surface area contributed by atoms with Gasteiger partial charge >= 0.3 is 6.09 Å². The molecule has 0 saturated heterocycles. The van der Waals surface area contributed by atoms with Gasteiger partial charge in [-0.25, -0.2) is 4.79 Å². The highest BCUT2D eigenvalue weighted by Gasteiger charge is 2.24. The molecule has 0 atom stereocenters. The number of hydrogen-bond acceptors (Lipinski definition) is 3. The van der Waals surface area contributed by atoms with Crippen LogP contribution in [0.15, 0.2) is 48.5 Å². The number of anilines is 2. The van der Waals surface area contributed by atoms with Gasteiger partial charge in [-0.2, -0.15) is 0 Å². The lowest BCUT2D eigenvalue weighted by atomic mass is 10.1. The second-order valence-electron chi connectivity index (χ2n) is 7.79. The monoisotopic (exact) mass is 353 g/mol. The summed E-state index contributed by atoms with van der Waals surface area (Å²) in [5.41, 5.74) is 2.14. The third-order valence-electron chi connectivity index (χ3n) is 3.59. The number of ether oxygens (including phenoxy) is 1. The first kappa shape index (κ1) is 19.8. The van der Waals surface area contributed by atoms with Crippen molar-refractivity contribution in [2.75, 3.05) is 16.8 Å². The molecule has 4 nitrogen and oxygen atoms in total. The van der Waals surface area contributed by atoms with Crippen molar-refractivity contribution < 1.29 is 9.53 Å². The summed E-state index contributed by atoms with van der Waals surface area (Å²) >= 11 is 0. The first-order chi connectivity index (χ1) is 12.2. The third kappa shape index (κ3) is 6.43. The topological polar surface area (TPSA) is 41.6 Å². The molecule has 4 heteroatoms. The van der Waals surface area contributed by atoms with Crippen molar-refractivity contribution in [3.05, 3.63) is 60.2 Å². The van der Waals surface area contributed by atoms with Crippen LogP contribution in [0, 0.1) is 12.0 Å². The zero-order valence-corrected chi connectivity index (χ0v) is 16.4. The van der Waals surface area contributed by atoms with E-state index >= 15 is 0 Å². The number of hydrogen-bond donors (Lipinski definition) is 1. The largest absolute Gasteiger partial charge is 0.443 e. The number of rotatable bonds is 6. The molecule has 26 heavy (non-hydrogen) atoms. The van der Waals surface area contributed by atoms with Gasteiger partial charge in [-0.3, -0.25) is 4.90 Å². The van der Waals surface area contributed by atoms with Crippen molar-refractivity contribution in [2.24, 2.45) is 5.92 Å². The van der Waals surface area contributed by atoms with Crippen molar-refractivity contribution >= 4 is 17.5 Å². The molecule has 1 N–H and O–H groups in total. The number of nitrogens with one attached hydrogen (secondary N) is 1. The molecule has 1 radical (unpaired) electrons.